The summed E-state index contributed by atoms with van der Waals surface area (Å²) in [6.07, 6.45) is 8.39. The molecule has 0 heterocycles. The molecule has 0 aliphatic heterocycles. The Kier molecular flexibility index (Phi) is 2.56. The highest BCUT2D eigenvalue weighted by Crippen LogP contribution is 2.43. The van der Waals surface area contributed by atoms with Crippen LogP contribution in [0.4, 0.5) is 0 Å². The van der Waals surface area contributed by atoms with Gasteiger partial charge >= 0.3 is 5.97 Å². The predicted molar refractivity (Wildman–Crippen MR) is 50.4 cm³/mol. The van der Waals surface area contributed by atoms with Crippen molar-refractivity contribution < 1.29 is 9.90 Å². The number of hydrogen-bond acceptors (Lipinski definition) is 1. The SMILES string of the molecule is O=C(O)[C@@H]1CCCC2CCCCC21. The summed E-state index contributed by atoms with van der Waals surface area (Å²) < 4.78 is 0. The molecule has 2 unspecified atom stereocenters. The first-order valence-corrected chi connectivity index (χ1v) is 5.52. The predicted octanol–water partition coefficient (Wildman–Crippen LogP) is 2.68. The maximum absolute atomic E-state index is 11.0. The first kappa shape index (κ1) is 9.04. The van der Waals surface area contributed by atoms with Crippen molar-refractivity contribution in [3.05, 3.63) is 0 Å². The van der Waals surface area contributed by atoms with Crippen LogP contribution in [0, 0.1) is 17.8 Å². The Morgan fingerprint density at radius 3 is 2.46 bits per heavy atom. The van der Waals surface area contributed by atoms with Crippen LogP contribution in [0.1, 0.15) is 44.9 Å². The molecule has 2 heteroatoms. The Hall–Kier alpha value is -0.530. The van der Waals surface area contributed by atoms with Gasteiger partial charge in [-0.2, -0.15) is 0 Å². The third-order valence-corrected chi connectivity index (χ3v) is 3.89. The molecule has 2 aliphatic rings. The lowest BCUT2D eigenvalue weighted by Crippen LogP contribution is -2.35. The Balaban J connectivity index is 2.06. The van der Waals surface area contributed by atoms with Gasteiger partial charge in [-0.1, -0.05) is 32.1 Å². The molecule has 2 aliphatic carbocycles. The van der Waals surface area contributed by atoms with Gasteiger partial charge in [-0.3, -0.25) is 4.79 Å². The van der Waals surface area contributed by atoms with E-state index in [0.29, 0.717) is 5.92 Å². The van der Waals surface area contributed by atoms with Crippen LogP contribution in [0.2, 0.25) is 0 Å². The van der Waals surface area contributed by atoms with Gasteiger partial charge in [-0.05, 0) is 24.7 Å². The summed E-state index contributed by atoms with van der Waals surface area (Å²) in [6.45, 7) is 0. The summed E-state index contributed by atoms with van der Waals surface area (Å²) in [7, 11) is 0. The number of hydrogen-bond donors (Lipinski definition) is 1. The molecule has 2 saturated carbocycles. The largest absolute Gasteiger partial charge is 0.481 e. The minimum absolute atomic E-state index is 0.0148. The second kappa shape index (κ2) is 3.69. The van der Waals surface area contributed by atoms with Crippen molar-refractivity contribution in [2.45, 2.75) is 44.9 Å². The van der Waals surface area contributed by atoms with Gasteiger partial charge in [0.05, 0.1) is 5.92 Å². The first-order valence-electron chi connectivity index (χ1n) is 5.52. The Morgan fingerprint density at radius 1 is 1.00 bits per heavy atom. The van der Waals surface area contributed by atoms with Crippen molar-refractivity contribution in [3.63, 3.8) is 0 Å². The van der Waals surface area contributed by atoms with E-state index >= 15 is 0 Å². The van der Waals surface area contributed by atoms with Crippen molar-refractivity contribution >= 4 is 5.97 Å². The van der Waals surface area contributed by atoms with Crippen LogP contribution in [0.3, 0.4) is 0 Å². The van der Waals surface area contributed by atoms with Gasteiger partial charge in [-0.15, -0.1) is 0 Å². The van der Waals surface area contributed by atoms with E-state index in [9.17, 15) is 4.79 Å². The average molecular weight is 182 g/mol. The van der Waals surface area contributed by atoms with Crippen LogP contribution in [0.5, 0.6) is 0 Å². The molecule has 0 aromatic heterocycles. The second-order valence-electron chi connectivity index (χ2n) is 4.58. The molecule has 0 radical (unpaired) electrons. The molecular formula is C11H18O2. The number of carboxylic acid groups (broad SMARTS) is 1. The van der Waals surface area contributed by atoms with E-state index in [4.69, 9.17) is 5.11 Å². The summed E-state index contributed by atoms with van der Waals surface area (Å²) in [5, 5.41) is 9.08. The molecule has 2 nitrogen and oxygen atoms in total. The number of aliphatic carboxylic acids is 1. The molecule has 0 saturated heterocycles. The fraction of sp³-hybridized carbons (Fsp3) is 0.909. The molecule has 2 fully saturated rings. The lowest BCUT2D eigenvalue weighted by molar-refractivity contribution is -0.146. The van der Waals surface area contributed by atoms with E-state index in [0.717, 1.165) is 18.8 Å². The Labute approximate surface area is 79.3 Å². The van der Waals surface area contributed by atoms with Gasteiger partial charge in [0.2, 0.25) is 0 Å². The normalized spacial score (nSPS) is 39.5. The molecule has 2 rings (SSSR count). The summed E-state index contributed by atoms with van der Waals surface area (Å²) >= 11 is 0. The average Bonchev–Trinajstić information content (AvgIpc) is 2.17. The number of carboxylic acids is 1. The second-order valence-corrected chi connectivity index (χ2v) is 4.58. The lowest BCUT2D eigenvalue weighted by atomic mass is 9.65. The minimum atomic E-state index is -0.545. The van der Waals surface area contributed by atoms with E-state index in [-0.39, 0.29) is 5.92 Å². The standard InChI is InChI=1S/C11H18O2/c12-11(13)10-7-3-5-8-4-1-2-6-9(8)10/h8-10H,1-7H2,(H,12,13)/t8?,9?,10-/m1/s1. The molecule has 0 spiro atoms. The number of rotatable bonds is 1. The highest BCUT2D eigenvalue weighted by atomic mass is 16.4. The van der Waals surface area contributed by atoms with Crippen molar-refractivity contribution in [3.8, 4) is 0 Å². The van der Waals surface area contributed by atoms with Crippen LogP contribution in [-0.4, -0.2) is 11.1 Å². The van der Waals surface area contributed by atoms with Crippen molar-refractivity contribution in [2.24, 2.45) is 17.8 Å². The lowest BCUT2D eigenvalue weighted by Gasteiger charge is -2.39. The molecule has 0 aromatic rings. The fourth-order valence-electron chi connectivity index (χ4n) is 3.25. The first-order chi connectivity index (χ1) is 6.29. The van der Waals surface area contributed by atoms with Crippen LogP contribution < -0.4 is 0 Å². The number of fused-ring (bicyclic) bond motifs is 1. The summed E-state index contributed by atoms with van der Waals surface area (Å²) in [5.74, 6) is 0.694. The zero-order valence-electron chi connectivity index (χ0n) is 8.04. The topological polar surface area (TPSA) is 37.3 Å². The molecule has 1 N–H and O–H groups in total. The molecule has 0 bridgehead atoms. The highest BCUT2D eigenvalue weighted by molar-refractivity contribution is 5.70. The summed E-state index contributed by atoms with van der Waals surface area (Å²) in [6, 6.07) is 0. The molecule has 74 valence electrons. The fourth-order valence-corrected chi connectivity index (χ4v) is 3.25. The van der Waals surface area contributed by atoms with Crippen LogP contribution in [0.15, 0.2) is 0 Å². The van der Waals surface area contributed by atoms with Gasteiger partial charge < -0.3 is 5.11 Å². The van der Waals surface area contributed by atoms with Gasteiger partial charge in [0.1, 0.15) is 0 Å². The van der Waals surface area contributed by atoms with Crippen LogP contribution in [-0.2, 0) is 4.79 Å². The third kappa shape index (κ3) is 1.72. The summed E-state index contributed by atoms with van der Waals surface area (Å²) in [4.78, 5) is 11.0. The van der Waals surface area contributed by atoms with Crippen molar-refractivity contribution in [2.75, 3.05) is 0 Å². The van der Waals surface area contributed by atoms with E-state index in [1.165, 1.54) is 32.1 Å². The zero-order valence-corrected chi connectivity index (χ0v) is 8.04. The van der Waals surface area contributed by atoms with Crippen LogP contribution in [0.25, 0.3) is 0 Å². The van der Waals surface area contributed by atoms with Gasteiger partial charge in [0, 0.05) is 0 Å². The maximum atomic E-state index is 11.0. The van der Waals surface area contributed by atoms with Gasteiger partial charge in [0.25, 0.3) is 0 Å². The molecule has 3 atom stereocenters. The number of carbonyl (C=O) groups is 1. The Morgan fingerprint density at radius 2 is 1.69 bits per heavy atom. The third-order valence-electron chi connectivity index (χ3n) is 3.89. The van der Waals surface area contributed by atoms with Gasteiger partial charge in [-0.25, -0.2) is 0 Å². The smallest absolute Gasteiger partial charge is 0.306 e. The molecule has 0 amide bonds. The summed E-state index contributed by atoms with van der Waals surface area (Å²) in [5.41, 5.74) is 0. The van der Waals surface area contributed by atoms with Crippen LogP contribution >= 0.6 is 0 Å². The molecule has 13 heavy (non-hydrogen) atoms. The molecule has 0 aromatic carbocycles. The van der Waals surface area contributed by atoms with E-state index < -0.39 is 5.97 Å². The minimum Gasteiger partial charge on any atom is -0.481 e. The maximum Gasteiger partial charge on any atom is 0.306 e. The quantitative estimate of drug-likeness (QED) is 0.677. The molecular weight excluding hydrogens is 164 g/mol. The van der Waals surface area contributed by atoms with E-state index in [1.807, 2.05) is 0 Å². The zero-order chi connectivity index (χ0) is 9.26. The van der Waals surface area contributed by atoms with E-state index in [2.05, 4.69) is 0 Å². The van der Waals surface area contributed by atoms with E-state index in [1.54, 1.807) is 0 Å². The van der Waals surface area contributed by atoms with Crippen molar-refractivity contribution in [1.82, 2.24) is 0 Å². The van der Waals surface area contributed by atoms with Crippen molar-refractivity contribution in [1.29, 1.82) is 0 Å². The van der Waals surface area contributed by atoms with Gasteiger partial charge in [0.15, 0.2) is 0 Å². The highest BCUT2D eigenvalue weighted by Gasteiger charge is 2.38. The Bertz CT molecular complexity index is 198. The monoisotopic (exact) mass is 182 g/mol.